The molecule has 0 radical (unpaired) electrons. The molecule has 0 bridgehead atoms. The summed E-state index contributed by atoms with van der Waals surface area (Å²) >= 11 is 0. The van der Waals surface area contributed by atoms with Gasteiger partial charge in [-0.15, -0.1) is 10.2 Å². The molecule has 0 atom stereocenters. The van der Waals surface area contributed by atoms with E-state index in [9.17, 15) is 0 Å². The fraction of sp³-hybridized carbons (Fsp3) is 0.0909. The minimum atomic E-state index is 0.447. The normalized spacial score (nSPS) is 10.6. The molecule has 3 rings (SSSR count). The predicted molar refractivity (Wildman–Crippen MR) is 63.8 cm³/mol. The molecule has 0 fully saturated rings. The molecule has 6 heteroatoms. The van der Waals surface area contributed by atoms with E-state index in [1.807, 2.05) is 43.6 Å². The Balaban J connectivity index is 1.95. The third-order valence-electron chi connectivity index (χ3n) is 2.31. The number of fused-ring (bicyclic) bond motifs is 1. The maximum atomic E-state index is 4.35. The van der Waals surface area contributed by atoms with Gasteiger partial charge in [0.2, 0.25) is 5.95 Å². The van der Waals surface area contributed by atoms with Gasteiger partial charge in [-0.05, 0) is 12.1 Å². The van der Waals surface area contributed by atoms with Crippen LogP contribution in [0.4, 0.5) is 11.8 Å². The van der Waals surface area contributed by atoms with Gasteiger partial charge in [-0.1, -0.05) is 12.1 Å². The lowest BCUT2D eigenvalue weighted by atomic mass is 10.3. The van der Waals surface area contributed by atoms with Crippen molar-refractivity contribution in [2.45, 2.75) is 0 Å². The highest BCUT2D eigenvalue weighted by Crippen LogP contribution is 2.12. The lowest BCUT2D eigenvalue weighted by Crippen LogP contribution is -2.00. The molecule has 1 N–H and O–H groups in total. The molecule has 0 spiro atoms. The van der Waals surface area contributed by atoms with E-state index in [2.05, 4.69) is 25.6 Å². The Morgan fingerprint density at radius 2 is 1.88 bits per heavy atom. The van der Waals surface area contributed by atoms with Crippen LogP contribution in [0.1, 0.15) is 0 Å². The maximum Gasteiger partial charge on any atom is 0.248 e. The first-order chi connectivity index (χ1) is 8.31. The molecule has 0 aliphatic carbocycles. The average molecular weight is 226 g/mol. The van der Waals surface area contributed by atoms with E-state index in [0.717, 1.165) is 11.0 Å². The van der Waals surface area contributed by atoms with E-state index < -0.39 is 0 Å². The van der Waals surface area contributed by atoms with Crippen molar-refractivity contribution in [2.24, 2.45) is 7.05 Å². The summed E-state index contributed by atoms with van der Waals surface area (Å²) in [5.41, 5.74) is 1.58. The van der Waals surface area contributed by atoms with Crippen molar-refractivity contribution in [2.75, 3.05) is 5.32 Å². The van der Waals surface area contributed by atoms with Crippen LogP contribution in [0, 0.1) is 0 Å². The largest absolute Gasteiger partial charge is 0.306 e. The van der Waals surface area contributed by atoms with Gasteiger partial charge in [-0.3, -0.25) is 4.68 Å². The molecule has 17 heavy (non-hydrogen) atoms. The number of nitrogens with one attached hydrogen (secondary N) is 1. The van der Waals surface area contributed by atoms with Crippen molar-refractivity contribution in [3.8, 4) is 0 Å². The second-order valence-corrected chi connectivity index (χ2v) is 3.62. The van der Waals surface area contributed by atoms with Gasteiger partial charge in [0.15, 0.2) is 5.82 Å². The quantitative estimate of drug-likeness (QED) is 0.717. The maximum absolute atomic E-state index is 4.35. The van der Waals surface area contributed by atoms with Crippen LogP contribution in [0.3, 0.4) is 0 Å². The predicted octanol–water partition coefficient (Wildman–Crippen LogP) is 1.50. The second-order valence-electron chi connectivity index (χ2n) is 3.62. The molecule has 3 aromatic rings. The van der Waals surface area contributed by atoms with Gasteiger partial charge in [0.05, 0.1) is 5.52 Å². The Morgan fingerprint density at radius 3 is 2.65 bits per heavy atom. The number of aryl methyl sites for hydroxylation is 1. The number of aromatic nitrogens is 5. The molecule has 0 amide bonds. The van der Waals surface area contributed by atoms with E-state index in [1.165, 1.54) is 0 Å². The number of hydrogen-bond donors (Lipinski definition) is 1. The zero-order chi connectivity index (χ0) is 11.7. The molecule has 0 unspecified atom stereocenters. The topological polar surface area (TPSA) is 68.5 Å². The molecule has 1 aromatic carbocycles. The molecule has 0 saturated heterocycles. The van der Waals surface area contributed by atoms with Crippen LogP contribution in [0.2, 0.25) is 0 Å². The first-order valence-electron chi connectivity index (χ1n) is 5.17. The van der Waals surface area contributed by atoms with Crippen molar-refractivity contribution in [1.82, 2.24) is 25.0 Å². The first kappa shape index (κ1) is 9.71. The summed E-state index contributed by atoms with van der Waals surface area (Å²) in [5.74, 6) is 1.15. The van der Waals surface area contributed by atoms with Gasteiger partial charge >= 0.3 is 0 Å². The lowest BCUT2D eigenvalue weighted by Gasteiger charge is -2.01. The highest BCUT2D eigenvalue weighted by atomic mass is 15.3. The van der Waals surface area contributed by atoms with E-state index in [4.69, 9.17) is 0 Å². The summed E-state index contributed by atoms with van der Waals surface area (Å²) in [7, 11) is 1.85. The summed E-state index contributed by atoms with van der Waals surface area (Å²) in [5, 5.41) is 15.2. The Bertz CT molecular complexity index is 660. The summed E-state index contributed by atoms with van der Waals surface area (Å²) < 4.78 is 1.71. The number of nitrogens with zero attached hydrogens (tertiary/aromatic N) is 5. The number of rotatable bonds is 2. The monoisotopic (exact) mass is 226 g/mol. The van der Waals surface area contributed by atoms with Gasteiger partial charge in [0.25, 0.3) is 0 Å². The lowest BCUT2D eigenvalue weighted by molar-refractivity contribution is 0.770. The second kappa shape index (κ2) is 3.82. The molecule has 6 nitrogen and oxygen atoms in total. The standard InChI is InChI=1S/C11H10N6/c1-17-7-6-10(16-17)13-11-12-8-4-2-3-5-9(8)14-15-11/h2-7H,1H3,(H,12,13,15,16). The van der Waals surface area contributed by atoms with Crippen LogP contribution in [0.25, 0.3) is 11.0 Å². The molecule has 0 aliphatic rings. The third kappa shape index (κ3) is 1.92. The van der Waals surface area contributed by atoms with Crippen molar-refractivity contribution >= 4 is 22.8 Å². The number of hydrogen-bond acceptors (Lipinski definition) is 5. The minimum Gasteiger partial charge on any atom is -0.306 e. The van der Waals surface area contributed by atoms with Crippen molar-refractivity contribution in [1.29, 1.82) is 0 Å². The highest BCUT2D eigenvalue weighted by molar-refractivity contribution is 5.74. The molecular formula is C11H10N6. The molecule has 0 aliphatic heterocycles. The van der Waals surface area contributed by atoms with Gasteiger partial charge in [0, 0.05) is 19.3 Å². The highest BCUT2D eigenvalue weighted by Gasteiger charge is 2.02. The summed E-state index contributed by atoms with van der Waals surface area (Å²) in [6.07, 6.45) is 1.84. The van der Waals surface area contributed by atoms with Crippen LogP contribution in [-0.4, -0.2) is 25.0 Å². The van der Waals surface area contributed by atoms with Gasteiger partial charge in [0.1, 0.15) is 5.52 Å². The van der Waals surface area contributed by atoms with Gasteiger partial charge < -0.3 is 5.32 Å². The van der Waals surface area contributed by atoms with Crippen LogP contribution < -0.4 is 5.32 Å². The molecular weight excluding hydrogens is 216 g/mol. The van der Waals surface area contributed by atoms with E-state index in [1.54, 1.807) is 4.68 Å². The van der Waals surface area contributed by atoms with Crippen LogP contribution in [-0.2, 0) is 7.05 Å². The summed E-state index contributed by atoms with van der Waals surface area (Å²) in [6.45, 7) is 0. The Morgan fingerprint density at radius 1 is 1.06 bits per heavy atom. The fourth-order valence-electron chi connectivity index (χ4n) is 1.53. The summed E-state index contributed by atoms with van der Waals surface area (Å²) in [4.78, 5) is 4.35. The zero-order valence-electron chi connectivity index (χ0n) is 9.20. The van der Waals surface area contributed by atoms with Crippen LogP contribution >= 0.6 is 0 Å². The minimum absolute atomic E-state index is 0.447. The Hall–Kier alpha value is -2.50. The van der Waals surface area contributed by atoms with Crippen molar-refractivity contribution in [3.63, 3.8) is 0 Å². The molecule has 2 heterocycles. The van der Waals surface area contributed by atoms with Gasteiger partial charge in [-0.25, -0.2) is 4.98 Å². The fourth-order valence-corrected chi connectivity index (χ4v) is 1.53. The third-order valence-corrected chi connectivity index (χ3v) is 2.31. The molecule has 0 saturated carbocycles. The summed E-state index contributed by atoms with van der Waals surface area (Å²) in [6, 6.07) is 9.44. The molecule has 2 aromatic heterocycles. The average Bonchev–Trinajstić information content (AvgIpc) is 2.75. The number of para-hydroxylation sites is 1. The van der Waals surface area contributed by atoms with E-state index >= 15 is 0 Å². The van der Waals surface area contributed by atoms with Gasteiger partial charge in [-0.2, -0.15) is 5.10 Å². The first-order valence-corrected chi connectivity index (χ1v) is 5.17. The molecule has 84 valence electrons. The Kier molecular flexibility index (Phi) is 2.18. The number of benzene rings is 1. The van der Waals surface area contributed by atoms with Crippen molar-refractivity contribution in [3.05, 3.63) is 36.5 Å². The SMILES string of the molecule is Cn1ccc(Nc2nnc3ccccc3n2)n1. The zero-order valence-corrected chi connectivity index (χ0v) is 9.20. The number of anilines is 2. The van der Waals surface area contributed by atoms with E-state index in [0.29, 0.717) is 11.8 Å². The Labute approximate surface area is 97.3 Å². The van der Waals surface area contributed by atoms with E-state index in [-0.39, 0.29) is 0 Å². The van der Waals surface area contributed by atoms with Crippen LogP contribution in [0.5, 0.6) is 0 Å². The smallest absolute Gasteiger partial charge is 0.248 e. The van der Waals surface area contributed by atoms with Crippen LogP contribution in [0.15, 0.2) is 36.5 Å². The van der Waals surface area contributed by atoms with Crippen molar-refractivity contribution < 1.29 is 0 Å².